The Labute approximate surface area is 248 Å². The van der Waals surface area contributed by atoms with E-state index in [0.717, 1.165) is 41.4 Å². The first kappa shape index (κ1) is 28.9. The highest BCUT2D eigenvalue weighted by Gasteiger charge is 2.30. The van der Waals surface area contributed by atoms with Gasteiger partial charge in [-0.3, -0.25) is 19.2 Å². The summed E-state index contributed by atoms with van der Waals surface area (Å²) in [5.41, 5.74) is 2.43. The maximum absolute atomic E-state index is 13.9. The van der Waals surface area contributed by atoms with Crippen molar-refractivity contribution in [3.8, 4) is 11.4 Å². The van der Waals surface area contributed by atoms with E-state index in [0.29, 0.717) is 28.2 Å². The van der Waals surface area contributed by atoms with Crippen molar-refractivity contribution in [2.75, 3.05) is 17.3 Å². The van der Waals surface area contributed by atoms with Crippen LogP contribution in [0.1, 0.15) is 66.5 Å². The van der Waals surface area contributed by atoms with Gasteiger partial charge in [-0.05, 0) is 50.3 Å². The first-order chi connectivity index (χ1) is 20.0. The van der Waals surface area contributed by atoms with Crippen molar-refractivity contribution in [3.05, 3.63) is 71.0 Å². The fourth-order valence-electron chi connectivity index (χ4n) is 5.16. The number of rotatable bonds is 10. The summed E-state index contributed by atoms with van der Waals surface area (Å²) in [6, 6.07) is 13.9. The van der Waals surface area contributed by atoms with Gasteiger partial charge in [0.25, 0.3) is 0 Å². The Morgan fingerprint density at radius 1 is 1.12 bits per heavy atom. The molecule has 5 rings (SSSR count). The van der Waals surface area contributed by atoms with E-state index in [2.05, 4.69) is 31.7 Å². The molecule has 1 aliphatic rings. The summed E-state index contributed by atoms with van der Waals surface area (Å²) < 4.78 is 7.42. The molecule has 2 atom stereocenters. The smallest absolute Gasteiger partial charge is 0.350 e. The first-order valence-corrected chi connectivity index (χ1v) is 15.7. The lowest BCUT2D eigenvalue weighted by molar-refractivity contribution is -0.116. The van der Waals surface area contributed by atoms with Gasteiger partial charge in [0.05, 0.1) is 24.6 Å². The van der Waals surface area contributed by atoms with Crippen LogP contribution in [0.4, 0.5) is 5.13 Å². The lowest BCUT2D eigenvalue weighted by atomic mass is 9.85. The van der Waals surface area contributed by atoms with Gasteiger partial charge in [-0.2, -0.15) is 0 Å². The molecule has 3 heterocycles. The summed E-state index contributed by atoms with van der Waals surface area (Å²) in [6.45, 7) is 6.42. The highest BCUT2D eigenvalue weighted by Crippen LogP contribution is 2.39. The van der Waals surface area contributed by atoms with Gasteiger partial charge in [-0.1, -0.05) is 73.2 Å². The SMILES string of the molecule is CCOC(=O)c1sc(N(Cc2ccccc2)C(=O)CSc2nnc(-c3cccnc3)n2[C@H]2CCCC[C@@H]2C)nc1C. The normalized spacial score (nSPS) is 16.9. The van der Waals surface area contributed by atoms with Crippen LogP contribution in [0.5, 0.6) is 0 Å². The molecule has 1 amide bonds. The van der Waals surface area contributed by atoms with E-state index in [1.54, 1.807) is 31.1 Å². The standard InChI is InChI=1S/C30H34N6O3S2/c1-4-39-28(38)26-21(3)32-29(41-26)35(18-22-12-6-5-7-13-22)25(37)19-40-30-34-33-27(23-14-10-16-31-17-23)36(30)24-15-9-8-11-20(24)2/h5-7,10,12-14,16-17,20,24H,4,8-9,11,15,18-19H2,1-3H3/t20-,24-/m0/s1. The van der Waals surface area contributed by atoms with Crippen molar-refractivity contribution in [3.63, 3.8) is 0 Å². The molecule has 41 heavy (non-hydrogen) atoms. The molecule has 1 aliphatic carbocycles. The summed E-state index contributed by atoms with van der Waals surface area (Å²) in [5.74, 6) is 0.846. The Morgan fingerprint density at radius 3 is 2.66 bits per heavy atom. The fourth-order valence-corrected chi connectivity index (χ4v) is 7.01. The van der Waals surface area contributed by atoms with Gasteiger partial charge in [-0.15, -0.1) is 10.2 Å². The molecular formula is C30H34N6O3S2. The maximum atomic E-state index is 13.9. The van der Waals surface area contributed by atoms with Crippen LogP contribution in [0.2, 0.25) is 0 Å². The third-order valence-corrected chi connectivity index (χ3v) is 9.36. The zero-order chi connectivity index (χ0) is 28.8. The van der Waals surface area contributed by atoms with Crippen molar-refractivity contribution in [2.45, 2.75) is 64.2 Å². The molecule has 1 aromatic carbocycles. The monoisotopic (exact) mass is 590 g/mol. The Balaban J connectivity index is 1.43. The number of carbonyl (C=O) groups excluding carboxylic acids is 2. The molecule has 0 unspecified atom stereocenters. The van der Waals surface area contributed by atoms with Crippen molar-refractivity contribution in [2.24, 2.45) is 5.92 Å². The van der Waals surface area contributed by atoms with Gasteiger partial charge in [0.1, 0.15) is 4.88 Å². The third-order valence-electron chi connectivity index (χ3n) is 7.27. The van der Waals surface area contributed by atoms with Crippen LogP contribution in [0.3, 0.4) is 0 Å². The quantitative estimate of drug-likeness (QED) is 0.155. The zero-order valence-electron chi connectivity index (χ0n) is 23.5. The molecule has 4 aromatic rings. The molecule has 3 aromatic heterocycles. The Kier molecular flexibility index (Phi) is 9.45. The lowest BCUT2D eigenvalue weighted by Gasteiger charge is -2.31. The van der Waals surface area contributed by atoms with Gasteiger partial charge >= 0.3 is 5.97 Å². The van der Waals surface area contributed by atoms with Crippen LogP contribution in [-0.2, 0) is 16.1 Å². The van der Waals surface area contributed by atoms with E-state index in [1.807, 2.05) is 42.5 Å². The van der Waals surface area contributed by atoms with Crippen molar-refractivity contribution in [1.82, 2.24) is 24.7 Å². The van der Waals surface area contributed by atoms with Gasteiger partial charge in [0.2, 0.25) is 5.91 Å². The first-order valence-electron chi connectivity index (χ1n) is 13.9. The number of thioether (sulfide) groups is 1. The zero-order valence-corrected chi connectivity index (χ0v) is 25.2. The Morgan fingerprint density at radius 2 is 1.93 bits per heavy atom. The molecule has 0 bridgehead atoms. The predicted octanol–water partition coefficient (Wildman–Crippen LogP) is 6.36. The minimum atomic E-state index is -0.423. The van der Waals surface area contributed by atoms with E-state index in [-0.39, 0.29) is 24.3 Å². The Bertz CT molecular complexity index is 1470. The van der Waals surface area contributed by atoms with Crippen LogP contribution in [0.15, 0.2) is 60.0 Å². The van der Waals surface area contributed by atoms with E-state index in [1.165, 1.54) is 29.5 Å². The summed E-state index contributed by atoms with van der Waals surface area (Å²) in [5, 5.41) is 10.3. The molecule has 11 heteroatoms. The number of thiazole rings is 1. The second-order valence-electron chi connectivity index (χ2n) is 10.1. The van der Waals surface area contributed by atoms with E-state index < -0.39 is 5.97 Å². The number of nitrogens with zero attached hydrogens (tertiary/aromatic N) is 6. The number of benzene rings is 1. The van der Waals surface area contributed by atoms with Gasteiger partial charge < -0.3 is 4.74 Å². The summed E-state index contributed by atoms with van der Waals surface area (Å²) in [6.07, 6.45) is 8.12. The molecule has 0 spiro atoms. The average molecular weight is 591 g/mol. The largest absolute Gasteiger partial charge is 0.462 e. The molecule has 214 valence electrons. The third kappa shape index (κ3) is 6.68. The van der Waals surface area contributed by atoms with Crippen LogP contribution >= 0.6 is 23.1 Å². The lowest BCUT2D eigenvalue weighted by Crippen LogP contribution is -2.32. The number of carbonyl (C=O) groups is 2. The van der Waals surface area contributed by atoms with Gasteiger partial charge in [0, 0.05) is 24.0 Å². The van der Waals surface area contributed by atoms with Crippen LogP contribution in [-0.4, -0.2) is 49.0 Å². The molecule has 0 saturated heterocycles. The van der Waals surface area contributed by atoms with Crippen LogP contribution in [0.25, 0.3) is 11.4 Å². The number of aryl methyl sites for hydroxylation is 1. The average Bonchev–Trinajstić information content (AvgIpc) is 3.59. The predicted molar refractivity (Wildman–Crippen MR) is 161 cm³/mol. The van der Waals surface area contributed by atoms with Crippen LogP contribution < -0.4 is 4.90 Å². The minimum absolute atomic E-state index is 0.128. The number of hydrogen-bond acceptors (Lipinski definition) is 9. The summed E-state index contributed by atoms with van der Waals surface area (Å²) >= 11 is 2.57. The summed E-state index contributed by atoms with van der Waals surface area (Å²) in [7, 11) is 0. The van der Waals surface area contributed by atoms with E-state index >= 15 is 0 Å². The molecule has 0 aliphatic heterocycles. The molecule has 1 saturated carbocycles. The van der Waals surface area contributed by atoms with Crippen molar-refractivity contribution >= 4 is 40.1 Å². The van der Waals surface area contributed by atoms with E-state index in [9.17, 15) is 9.59 Å². The second kappa shape index (κ2) is 13.4. The molecule has 0 radical (unpaired) electrons. The number of anilines is 1. The minimum Gasteiger partial charge on any atom is -0.462 e. The fraction of sp³-hybridized carbons (Fsp3) is 0.400. The van der Waals surface area contributed by atoms with E-state index in [4.69, 9.17) is 4.74 Å². The number of esters is 1. The number of amides is 1. The number of pyridine rings is 1. The topological polar surface area (TPSA) is 103 Å². The Hall–Kier alpha value is -3.57. The number of hydrogen-bond donors (Lipinski definition) is 0. The second-order valence-corrected chi connectivity index (χ2v) is 12.1. The number of ether oxygens (including phenoxy) is 1. The van der Waals surface area contributed by atoms with Crippen molar-refractivity contribution in [1.29, 1.82) is 0 Å². The molecular weight excluding hydrogens is 557 g/mol. The van der Waals surface area contributed by atoms with Crippen molar-refractivity contribution < 1.29 is 14.3 Å². The molecule has 9 nitrogen and oxygen atoms in total. The maximum Gasteiger partial charge on any atom is 0.350 e. The highest BCUT2D eigenvalue weighted by molar-refractivity contribution is 7.99. The molecule has 0 N–H and O–H groups in total. The molecule has 1 fully saturated rings. The van der Waals surface area contributed by atoms with Crippen LogP contribution in [0, 0.1) is 12.8 Å². The summed E-state index contributed by atoms with van der Waals surface area (Å²) in [4.78, 5) is 37.3. The van der Waals surface area contributed by atoms with Gasteiger partial charge in [0.15, 0.2) is 16.1 Å². The van der Waals surface area contributed by atoms with Gasteiger partial charge in [-0.25, -0.2) is 9.78 Å². The highest BCUT2D eigenvalue weighted by atomic mass is 32.2. The number of aromatic nitrogens is 5.